The van der Waals surface area contributed by atoms with E-state index in [1.807, 2.05) is 0 Å². The molecule has 0 aromatic rings. The minimum atomic E-state index is -0.342. The minimum Gasteiger partial charge on any atom is -0.468 e. The van der Waals surface area contributed by atoms with E-state index in [4.69, 9.17) is 10.6 Å². The van der Waals surface area contributed by atoms with Gasteiger partial charge in [0.25, 0.3) is 0 Å². The van der Waals surface area contributed by atoms with Crippen LogP contribution >= 0.6 is 0 Å². The van der Waals surface area contributed by atoms with Crippen molar-refractivity contribution >= 4 is 5.97 Å². The Kier molecular flexibility index (Phi) is 4.86. The van der Waals surface area contributed by atoms with Gasteiger partial charge in [0.2, 0.25) is 0 Å². The first kappa shape index (κ1) is 11.4. The van der Waals surface area contributed by atoms with Gasteiger partial charge in [0, 0.05) is 0 Å². The number of rotatable bonds is 4. The topological polar surface area (TPSA) is 64.8 Å². The second-order valence-electron chi connectivity index (χ2n) is 3.47. The molecular formula is C9H18N2O3. The lowest BCUT2D eigenvalue weighted by Crippen LogP contribution is -2.47. The van der Waals surface area contributed by atoms with Crippen molar-refractivity contribution in [2.75, 3.05) is 26.8 Å². The van der Waals surface area contributed by atoms with Crippen LogP contribution in [0.5, 0.6) is 0 Å². The lowest BCUT2D eigenvalue weighted by Gasteiger charge is -2.31. The second kappa shape index (κ2) is 5.95. The van der Waals surface area contributed by atoms with Gasteiger partial charge in [0.15, 0.2) is 0 Å². The van der Waals surface area contributed by atoms with E-state index in [0.29, 0.717) is 0 Å². The maximum absolute atomic E-state index is 11.4. The summed E-state index contributed by atoms with van der Waals surface area (Å²) >= 11 is 0. The molecule has 0 radical (unpaired) electrons. The number of methoxy groups -OCH3 is 1. The third kappa shape index (κ3) is 2.94. The fraction of sp³-hybridized carbons (Fsp3) is 0.889. The third-order valence-electron chi connectivity index (χ3n) is 2.56. The molecule has 1 saturated heterocycles. The summed E-state index contributed by atoms with van der Waals surface area (Å²) in [5, 5.41) is 0. The predicted molar refractivity (Wildman–Crippen MR) is 51.4 cm³/mol. The molecule has 1 atom stereocenters. The van der Waals surface area contributed by atoms with Crippen molar-refractivity contribution in [3.05, 3.63) is 0 Å². The second-order valence-corrected chi connectivity index (χ2v) is 3.47. The number of nitrogens with zero attached hydrogens (tertiary/aromatic N) is 1. The molecular weight excluding hydrogens is 184 g/mol. The molecule has 0 amide bonds. The molecule has 82 valence electrons. The molecule has 0 saturated carbocycles. The first-order valence-electron chi connectivity index (χ1n) is 4.93. The molecule has 5 nitrogen and oxygen atoms in total. The van der Waals surface area contributed by atoms with Crippen molar-refractivity contribution in [2.45, 2.75) is 25.3 Å². The molecule has 1 heterocycles. The van der Waals surface area contributed by atoms with Gasteiger partial charge >= 0.3 is 5.97 Å². The highest BCUT2D eigenvalue weighted by Crippen LogP contribution is 2.13. The lowest BCUT2D eigenvalue weighted by atomic mass is 10.1. The average molecular weight is 202 g/mol. The molecule has 0 aliphatic carbocycles. The van der Waals surface area contributed by atoms with E-state index in [0.717, 1.165) is 25.9 Å². The standard InChI is InChI=1S/C9H18N2O3/c1-13-9(12)8(7-14-10)11-5-3-2-4-6-11/h8H,2-7,10H2,1H3. The summed E-state index contributed by atoms with van der Waals surface area (Å²) < 4.78 is 4.70. The van der Waals surface area contributed by atoms with E-state index in [1.54, 1.807) is 0 Å². The number of carbonyl (C=O) groups is 1. The van der Waals surface area contributed by atoms with Crippen LogP contribution in [-0.2, 0) is 14.4 Å². The summed E-state index contributed by atoms with van der Waals surface area (Å²) in [5.74, 6) is 4.73. The van der Waals surface area contributed by atoms with Gasteiger partial charge in [0.05, 0.1) is 13.7 Å². The summed E-state index contributed by atoms with van der Waals surface area (Å²) in [6, 6.07) is -0.342. The first-order chi connectivity index (χ1) is 6.79. The van der Waals surface area contributed by atoms with E-state index in [1.165, 1.54) is 13.5 Å². The Bertz CT molecular complexity index is 181. The smallest absolute Gasteiger partial charge is 0.325 e. The van der Waals surface area contributed by atoms with Gasteiger partial charge in [-0.1, -0.05) is 6.42 Å². The number of esters is 1. The van der Waals surface area contributed by atoms with E-state index in [9.17, 15) is 4.79 Å². The SMILES string of the molecule is COC(=O)C(CON)N1CCCCC1. The zero-order valence-corrected chi connectivity index (χ0v) is 8.57. The lowest BCUT2D eigenvalue weighted by molar-refractivity contribution is -0.150. The molecule has 1 unspecified atom stereocenters. The molecule has 1 fully saturated rings. The van der Waals surface area contributed by atoms with Gasteiger partial charge in [-0.2, -0.15) is 0 Å². The van der Waals surface area contributed by atoms with E-state index in [-0.39, 0.29) is 18.6 Å². The van der Waals surface area contributed by atoms with Crippen LogP contribution < -0.4 is 5.90 Å². The Hall–Kier alpha value is -0.650. The average Bonchev–Trinajstić information content (AvgIpc) is 2.26. The Morgan fingerprint density at radius 1 is 1.43 bits per heavy atom. The van der Waals surface area contributed by atoms with Crippen molar-refractivity contribution in [1.82, 2.24) is 4.90 Å². The number of nitrogens with two attached hydrogens (primary N) is 1. The molecule has 1 aliphatic heterocycles. The van der Waals surface area contributed by atoms with Gasteiger partial charge in [0.1, 0.15) is 6.04 Å². The summed E-state index contributed by atoms with van der Waals surface area (Å²) in [5.41, 5.74) is 0. The molecule has 0 bridgehead atoms. The number of ether oxygens (including phenoxy) is 1. The van der Waals surface area contributed by atoms with Crippen molar-refractivity contribution in [3.63, 3.8) is 0 Å². The maximum atomic E-state index is 11.4. The van der Waals surface area contributed by atoms with Gasteiger partial charge < -0.3 is 9.57 Å². The van der Waals surface area contributed by atoms with Crippen molar-refractivity contribution in [1.29, 1.82) is 0 Å². The highest BCUT2D eigenvalue weighted by atomic mass is 16.6. The largest absolute Gasteiger partial charge is 0.468 e. The van der Waals surface area contributed by atoms with Gasteiger partial charge in [-0.3, -0.25) is 9.69 Å². The minimum absolute atomic E-state index is 0.201. The van der Waals surface area contributed by atoms with Crippen molar-refractivity contribution in [2.24, 2.45) is 5.90 Å². The fourth-order valence-corrected chi connectivity index (χ4v) is 1.78. The fourth-order valence-electron chi connectivity index (χ4n) is 1.78. The van der Waals surface area contributed by atoms with E-state index in [2.05, 4.69) is 9.74 Å². The number of hydrogen-bond acceptors (Lipinski definition) is 5. The van der Waals surface area contributed by atoms with Crippen LogP contribution in [0.2, 0.25) is 0 Å². The van der Waals surface area contributed by atoms with E-state index >= 15 is 0 Å². The Morgan fingerprint density at radius 2 is 2.07 bits per heavy atom. The monoisotopic (exact) mass is 202 g/mol. The zero-order chi connectivity index (χ0) is 10.4. The van der Waals surface area contributed by atoms with E-state index < -0.39 is 0 Å². The van der Waals surface area contributed by atoms with Gasteiger partial charge in [-0.15, -0.1) is 0 Å². The van der Waals surface area contributed by atoms with Crippen LogP contribution in [0.3, 0.4) is 0 Å². The molecule has 0 aromatic heterocycles. The Morgan fingerprint density at radius 3 is 2.57 bits per heavy atom. The molecule has 1 aliphatic rings. The third-order valence-corrected chi connectivity index (χ3v) is 2.56. The Labute approximate surface area is 84.1 Å². The van der Waals surface area contributed by atoms with Gasteiger partial charge in [-0.25, -0.2) is 5.90 Å². The van der Waals surface area contributed by atoms with Crippen LogP contribution in [0.25, 0.3) is 0 Å². The van der Waals surface area contributed by atoms with Crippen molar-refractivity contribution in [3.8, 4) is 0 Å². The van der Waals surface area contributed by atoms with Crippen molar-refractivity contribution < 1.29 is 14.4 Å². The van der Waals surface area contributed by atoms with Crippen LogP contribution in [0, 0.1) is 0 Å². The number of carbonyl (C=O) groups excluding carboxylic acids is 1. The molecule has 2 N–H and O–H groups in total. The van der Waals surface area contributed by atoms with Crippen LogP contribution in [0.1, 0.15) is 19.3 Å². The first-order valence-corrected chi connectivity index (χ1v) is 4.93. The highest BCUT2D eigenvalue weighted by Gasteiger charge is 2.27. The van der Waals surface area contributed by atoms with Gasteiger partial charge in [-0.05, 0) is 25.9 Å². The summed E-state index contributed by atoms with van der Waals surface area (Å²) in [6.07, 6.45) is 3.48. The van der Waals surface area contributed by atoms with Crippen LogP contribution in [-0.4, -0.2) is 43.7 Å². The Balaban J connectivity index is 2.50. The van der Waals surface area contributed by atoms with Crippen LogP contribution in [0.4, 0.5) is 0 Å². The summed E-state index contributed by atoms with van der Waals surface area (Å²) in [4.78, 5) is 18.0. The molecule has 5 heteroatoms. The maximum Gasteiger partial charge on any atom is 0.325 e. The number of hydrogen-bond donors (Lipinski definition) is 1. The molecule has 0 spiro atoms. The summed E-state index contributed by atoms with van der Waals surface area (Å²) in [7, 11) is 1.38. The highest BCUT2D eigenvalue weighted by molar-refractivity contribution is 5.75. The summed E-state index contributed by atoms with van der Waals surface area (Å²) in [6.45, 7) is 2.04. The molecule has 14 heavy (non-hydrogen) atoms. The quantitative estimate of drug-likeness (QED) is 0.509. The normalized spacial score (nSPS) is 20.4. The zero-order valence-electron chi connectivity index (χ0n) is 8.57. The molecule has 0 aromatic carbocycles. The predicted octanol–water partition coefficient (Wildman–Crippen LogP) is -0.0958. The van der Waals surface area contributed by atoms with Crippen LogP contribution in [0.15, 0.2) is 0 Å². The molecule has 1 rings (SSSR count). The number of piperidine rings is 1. The number of likely N-dealkylation sites (tertiary alicyclic amines) is 1.